The zero-order chi connectivity index (χ0) is 30.1. The number of halogens is 3. The van der Waals surface area contributed by atoms with Crippen molar-refractivity contribution in [3.05, 3.63) is 64.6 Å². The Morgan fingerprint density at radius 1 is 1.05 bits per heavy atom. The predicted octanol–water partition coefficient (Wildman–Crippen LogP) is 3.36. The van der Waals surface area contributed by atoms with Gasteiger partial charge in [0.1, 0.15) is 0 Å². The summed E-state index contributed by atoms with van der Waals surface area (Å²) in [7, 11) is 8.55. The number of likely N-dealkylation sites (N-methyl/N-ethyl adjacent to an activating group) is 1. The molecule has 0 atom stereocenters. The van der Waals surface area contributed by atoms with Gasteiger partial charge in [0, 0.05) is 30.4 Å². The molecule has 41 heavy (non-hydrogen) atoms. The van der Waals surface area contributed by atoms with E-state index in [1.54, 1.807) is 0 Å². The molecule has 0 radical (unpaired) electrons. The molecule has 0 bridgehead atoms. The summed E-state index contributed by atoms with van der Waals surface area (Å²) in [4.78, 5) is 41.8. The lowest BCUT2D eigenvalue weighted by Gasteiger charge is -2.36. The SMILES string of the molecule is COc1ccc(-c2cnc(C(=O)Nc3ccc(C(=O)NC4CC(NC(=O)C[N+](C)(C)C)C4)c(Cl)c3)n2C)c(F)c1F. The molecule has 1 fully saturated rings. The van der Waals surface area contributed by atoms with E-state index in [0.717, 1.165) is 0 Å². The minimum Gasteiger partial charge on any atom is -0.494 e. The molecule has 0 unspecified atom stereocenters. The van der Waals surface area contributed by atoms with Crippen LogP contribution in [0.1, 0.15) is 33.8 Å². The Bertz CT molecular complexity index is 1500. The van der Waals surface area contributed by atoms with E-state index in [1.807, 2.05) is 21.1 Å². The average molecular weight is 590 g/mol. The number of methoxy groups -OCH3 is 1. The molecule has 2 aromatic carbocycles. The van der Waals surface area contributed by atoms with Gasteiger partial charge in [-0.1, -0.05) is 11.6 Å². The number of carbonyl (C=O) groups excluding carboxylic acids is 3. The number of nitrogens with one attached hydrogen (secondary N) is 3. The molecule has 218 valence electrons. The van der Waals surface area contributed by atoms with Crippen molar-refractivity contribution in [2.24, 2.45) is 7.05 Å². The average Bonchev–Trinajstić information content (AvgIpc) is 3.24. The lowest BCUT2D eigenvalue weighted by molar-refractivity contribution is -0.862. The van der Waals surface area contributed by atoms with Crippen LogP contribution in [0.3, 0.4) is 0 Å². The van der Waals surface area contributed by atoms with Gasteiger partial charge in [0.05, 0.1) is 50.7 Å². The molecule has 0 saturated heterocycles. The Morgan fingerprint density at radius 2 is 1.73 bits per heavy atom. The van der Waals surface area contributed by atoms with Gasteiger partial charge >= 0.3 is 0 Å². The summed E-state index contributed by atoms with van der Waals surface area (Å²) in [6.45, 7) is 0.370. The van der Waals surface area contributed by atoms with Gasteiger partial charge in [-0.3, -0.25) is 14.4 Å². The molecule has 0 aliphatic heterocycles. The first kappa shape index (κ1) is 29.9. The second kappa shape index (κ2) is 11.8. The first-order valence-electron chi connectivity index (χ1n) is 12.8. The van der Waals surface area contributed by atoms with E-state index in [2.05, 4.69) is 20.9 Å². The van der Waals surface area contributed by atoms with E-state index >= 15 is 0 Å². The fraction of sp³-hybridized carbons (Fsp3) is 0.357. The van der Waals surface area contributed by atoms with Gasteiger partial charge in [-0.05, 0) is 43.2 Å². The standard InChI is InChI=1S/C28H31ClF2N6O4/c1-36-21(19-8-9-22(41-5)25(31)24(19)30)13-32-26(36)28(40)34-15-6-7-18(20(29)12-15)27(39)35-17-10-16(11-17)33-23(38)14-37(2,3)4/h6-9,12-13,16-17H,10-11,14H2,1-5H3,(H2-,33,34,35,38,39,40)/p+1. The number of amides is 3. The fourth-order valence-corrected chi connectivity index (χ4v) is 4.81. The maximum absolute atomic E-state index is 14.6. The van der Waals surface area contributed by atoms with Gasteiger partial charge in [0.25, 0.3) is 17.7 Å². The summed E-state index contributed by atoms with van der Waals surface area (Å²) < 4.78 is 35.4. The van der Waals surface area contributed by atoms with Gasteiger partial charge in [-0.25, -0.2) is 9.37 Å². The molecule has 13 heteroatoms. The summed E-state index contributed by atoms with van der Waals surface area (Å²) in [6.07, 6.45) is 2.51. The highest BCUT2D eigenvalue weighted by atomic mass is 35.5. The van der Waals surface area contributed by atoms with Gasteiger partial charge in [0.15, 0.2) is 23.9 Å². The normalized spacial score (nSPS) is 16.5. The number of hydrogen-bond donors (Lipinski definition) is 3. The van der Waals surface area contributed by atoms with E-state index in [9.17, 15) is 23.2 Å². The zero-order valence-corrected chi connectivity index (χ0v) is 24.1. The number of aromatic nitrogens is 2. The van der Waals surface area contributed by atoms with E-state index in [0.29, 0.717) is 29.6 Å². The largest absolute Gasteiger partial charge is 0.494 e. The third-order valence-corrected chi connectivity index (χ3v) is 6.97. The second-order valence-electron chi connectivity index (χ2n) is 11.0. The van der Waals surface area contributed by atoms with Gasteiger partial charge < -0.3 is 29.7 Å². The first-order valence-corrected chi connectivity index (χ1v) is 13.2. The molecule has 3 N–H and O–H groups in total. The molecule has 3 amide bonds. The molecular weight excluding hydrogens is 558 g/mol. The number of benzene rings is 2. The predicted molar refractivity (Wildman–Crippen MR) is 150 cm³/mol. The topological polar surface area (TPSA) is 114 Å². The van der Waals surface area contributed by atoms with Crippen molar-refractivity contribution < 1.29 is 32.4 Å². The van der Waals surface area contributed by atoms with Crippen LogP contribution in [0.25, 0.3) is 11.3 Å². The summed E-state index contributed by atoms with van der Waals surface area (Å²) in [5, 5.41) is 8.66. The smallest absolute Gasteiger partial charge is 0.291 e. The van der Waals surface area contributed by atoms with E-state index in [4.69, 9.17) is 16.3 Å². The molecule has 1 heterocycles. The number of quaternary nitrogens is 1. The minimum atomic E-state index is -1.14. The molecule has 1 aromatic heterocycles. The summed E-state index contributed by atoms with van der Waals surface area (Å²) in [5.41, 5.74) is 0.649. The Labute approximate surface area is 241 Å². The van der Waals surface area contributed by atoms with Crippen LogP contribution in [0.4, 0.5) is 14.5 Å². The lowest BCUT2D eigenvalue weighted by atomic mass is 9.86. The monoisotopic (exact) mass is 589 g/mol. The number of carbonyl (C=O) groups is 3. The van der Waals surface area contributed by atoms with Gasteiger partial charge in [-0.15, -0.1) is 0 Å². The highest BCUT2D eigenvalue weighted by Gasteiger charge is 2.33. The third-order valence-electron chi connectivity index (χ3n) is 6.66. The molecule has 1 saturated carbocycles. The van der Waals surface area contributed by atoms with Crippen molar-refractivity contribution >= 4 is 35.0 Å². The Morgan fingerprint density at radius 3 is 2.37 bits per heavy atom. The molecular formula is C28H32ClF2N6O4+. The highest BCUT2D eigenvalue weighted by Crippen LogP contribution is 2.30. The van der Waals surface area contributed by atoms with Crippen LogP contribution in [0.5, 0.6) is 5.75 Å². The summed E-state index contributed by atoms with van der Waals surface area (Å²) in [5.74, 6) is -3.57. The number of hydrogen-bond acceptors (Lipinski definition) is 5. The zero-order valence-electron chi connectivity index (χ0n) is 23.3. The molecule has 4 rings (SSSR count). The molecule has 1 aliphatic rings. The van der Waals surface area contributed by atoms with Crippen LogP contribution in [0, 0.1) is 11.6 Å². The Hall–Kier alpha value is -4.03. The fourth-order valence-electron chi connectivity index (χ4n) is 4.54. The van der Waals surface area contributed by atoms with Crippen LogP contribution < -0.4 is 20.7 Å². The van der Waals surface area contributed by atoms with Crippen LogP contribution in [0.2, 0.25) is 5.02 Å². The number of imidazole rings is 1. The number of ether oxygens (including phenoxy) is 1. The highest BCUT2D eigenvalue weighted by molar-refractivity contribution is 6.34. The third kappa shape index (κ3) is 6.83. The minimum absolute atomic E-state index is 0.0132. The Kier molecular flexibility index (Phi) is 8.64. The van der Waals surface area contributed by atoms with E-state index in [-0.39, 0.29) is 57.3 Å². The number of rotatable bonds is 9. The summed E-state index contributed by atoms with van der Waals surface area (Å²) >= 11 is 6.35. The van der Waals surface area contributed by atoms with Crippen LogP contribution in [-0.4, -0.2) is 78.6 Å². The van der Waals surface area contributed by atoms with Crippen molar-refractivity contribution in [3.8, 4) is 17.0 Å². The van der Waals surface area contributed by atoms with E-state index in [1.165, 1.54) is 55.3 Å². The maximum atomic E-state index is 14.6. The molecule has 3 aromatic rings. The van der Waals surface area contributed by atoms with Crippen molar-refractivity contribution in [1.29, 1.82) is 0 Å². The lowest BCUT2D eigenvalue weighted by Crippen LogP contribution is -2.56. The number of nitrogens with zero attached hydrogens (tertiary/aromatic N) is 3. The summed E-state index contributed by atoms with van der Waals surface area (Å²) in [6, 6.07) is 7.00. The maximum Gasteiger partial charge on any atom is 0.291 e. The number of anilines is 1. The van der Waals surface area contributed by atoms with Crippen molar-refractivity contribution in [2.45, 2.75) is 24.9 Å². The first-order chi connectivity index (χ1) is 19.3. The quantitative estimate of drug-likeness (QED) is 0.331. The van der Waals surface area contributed by atoms with Crippen molar-refractivity contribution in [1.82, 2.24) is 20.2 Å². The van der Waals surface area contributed by atoms with Crippen LogP contribution >= 0.6 is 11.6 Å². The van der Waals surface area contributed by atoms with Gasteiger partial charge in [0.2, 0.25) is 5.82 Å². The van der Waals surface area contributed by atoms with Crippen molar-refractivity contribution in [2.75, 3.05) is 40.1 Å². The second-order valence-corrected chi connectivity index (χ2v) is 11.4. The van der Waals surface area contributed by atoms with Gasteiger partial charge in [-0.2, -0.15) is 4.39 Å². The van der Waals surface area contributed by atoms with Crippen molar-refractivity contribution in [3.63, 3.8) is 0 Å². The molecule has 0 spiro atoms. The Balaban J connectivity index is 1.35. The van der Waals surface area contributed by atoms with E-state index < -0.39 is 17.5 Å². The van der Waals surface area contributed by atoms with Crippen LogP contribution in [0.15, 0.2) is 36.5 Å². The molecule has 1 aliphatic carbocycles. The van der Waals surface area contributed by atoms with Crippen LogP contribution in [-0.2, 0) is 11.8 Å². The molecule has 10 nitrogen and oxygen atoms in total.